The maximum atomic E-state index is 4.53. The molecule has 0 amide bonds. The van der Waals surface area contributed by atoms with Crippen LogP contribution in [-0.2, 0) is 13.1 Å². The summed E-state index contributed by atoms with van der Waals surface area (Å²) in [5.41, 5.74) is 3.43. The Morgan fingerprint density at radius 3 is 2.89 bits per heavy atom. The van der Waals surface area contributed by atoms with E-state index in [1.54, 1.807) is 22.7 Å². The summed E-state index contributed by atoms with van der Waals surface area (Å²) in [4.78, 5) is 10.0. The van der Waals surface area contributed by atoms with E-state index in [2.05, 4.69) is 43.6 Å². The van der Waals surface area contributed by atoms with Crippen LogP contribution in [0.3, 0.4) is 0 Å². The Balaban J connectivity index is 1.69. The van der Waals surface area contributed by atoms with Crippen molar-refractivity contribution in [3.8, 4) is 0 Å². The zero-order valence-corrected chi connectivity index (χ0v) is 11.9. The van der Waals surface area contributed by atoms with Gasteiger partial charge in [0.15, 0.2) is 4.96 Å². The van der Waals surface area contributed by atoms with Gasteiger partial charge in [0.25, 0.3) is 0 Å². The number of aryl methyl sites for hydroxylation is 2. The standard InChI is InChI=1S/C12H14N4S2/c1-8-7-18-11(14-8)6-13-5-10-9(2)15-12-16(10)3-4-17-12/h3-4,7,13H,5-6H2,1-2H3. The third kappa shape index (κ3) is 2.19. The molecule has 0 spiro atoms. The van der Waals surface area contributed by atoms with E-state index >= 15 is 0 Å². The van der Waals surface area contributed by atoms with Gasteiger partial charge >= 0.3 is 0 Å². The van der Waals surface area contributed by atoms with Gasteiger partial charge in [-0.1, -0.05) is 0 Å². The smallest absolute Gasteiger partial charge is 0.194 e. The lowest BCUT2D eigenvalue weighted by molar-refractivity contribution is 0.669. The van der Waals surface area contributed by atoms with Crippen molar-refractivity contribution >= 4 is 27.6 Å². The SMILES string of the molecule is Cc1csc(CNCc2c(C)nc3sccn23)n1. The highest BCUT2D eigenvalue weighted by Crippen LogP contribution is 2.16. The molecule has 0 aliphatic rings. The lowest BCUT2D eigenvalue weighted by Gasteiger charge is -2.02. The van der Waals surface area contributed by atoms with Crippen LogP contribution in [0.5, 0.6) is 0 Å². The number of thiazole rings is 2. The Hall–Kier alpha value is -1.24. The van der Waals surface area contributed by atoms with E-state index in [1.807, 2.05) is 6.92 Å². The largest absolute Gasteiger partial charge is 0.305 e. The lowest BCUT2D eigenvalue weighted by atomic mass is 10.3. The number of rotatable bonds is 4. The first-order valence-electron chi connectivity index (χ1n) is 5.77. The minimum Gasteiger partial charge on any atom is -0.305 e. The summed E-state index contributed by atoms with van der Waals surface area (Å²) in [5, 5.41) is 8.71. The lowest BCUT2D eigenvalue weighted by Crippen LogP contribution is -2.14. The minimum atomic E-state index is 0.815. The second-order valence-corrected chi connectivity index (χ2v) is 6.00. The van der Waals surface area contributed by atoms with Gasteiger partial charge in [-0.05, 0) is 13.8 Å². The normalized spacial score (nSPS) is 11.4. The van der Waals surface area contributed by atoms with E-state index in [4.69, 9.17) is 0 Å². The number of hydrogen-bond acceptors (Lipinski definition) is 5. The molecule has 0 aliphatic heterocycles. The van der Waals surface area contributed by atoms with Crippen molar-refractivity contribution in [1.82, 2.24) is 19.7 Å². The highest BCUT2D eigenvalue weighted by molar-refractivity contribution is 7.15. The molecule has 0 aromatic carbocycles. The van der Waals surface area contributed by atoms with Gasteiger partial charge in [-0.25, -0.2) is 9.97 Å². The predicted octanol–water partition coefficient (Wildman–Crippen LogP) is 2.76. The fraction of sp³-hybridized carbons (Fsp3) is 0.333. The Kier molecular flexibility index (Phi) is 3.15. The van der Waals surface area contributed by atoms with Crippen molar-refractivity contribution in [3.05, 3.63) is 39.0 Å². The van der Waals surface area contributed by atoms with E-state index in [9.17, 15) is 0 Å². The molecule has 94 valence electrons. The molecule has 3 aromatic heterocycles. The third-order valence-corrected chi connectivity index (χ3v) is 4.52. The van der Waals surface area contributed by atoms with Crippen molar-refractivity contribution in [2.75, 3.05) is 0 Å². The summed E-state index contributed by atoms with van der Waals surface area (Å²) < 4.78 is 2.15. The van der Waals surface area contributed by atoms with Gasteiger partial charge in [-0.3, -0.25) is 4.40 Å². The number of hydrogen-bond donors (Lipinski definition) is 1. The molecule has 3 aromatic rings. The van der Waals surface area contributed by atoms with Crippen LogP contribution < -0.4 is 5.32 Å². The number of nitrogens with one attached hydrogen (secondary N) is 1. The van der Waals surface area contributed by atoms with E-state index < -0.39 is 0 Å². The van der Waals surface area contributed by atoms with E-state index in [-0.39, 0.29) is 0 Å². The molecule has 0 aliphatic carbocycles. The molecule has 6 heteroatoms. The zero-order valence-electron chi connectivity index (χ0n) is 10.3. The van der Waals surface area contributed by atoms with Gasteiger partial charge in [-0.2, -0.15) is 0 Å². The summed E-state index contributed by atoms with van der Waals surface area (Å²) in [6.07, 6.45) is 2.07. The van der Waals surface area contributed by atoms with Gasteiger partial charge in [0.1, 0.15) is 5.01 Å². The Morgan fingerprint density at radius 1 is 1.22 bits per heavy atom. The maximum Gasteiger partial charge on any atom is 0.194 e. The molecular formula is C12H14N4S2. The van der Waals surface area contributed by atoms with Crippen LogP contribution >= 0.6 is 22.7 Å². The summed E-state index contributed by atoms with van der Waals surface area (Å²) >= 11 is 3.37. The summed E-state index contributed by atoms with van der Waals surface area (Å²) in [6, 6.07) is 0. The van der Waals surface area contributed by atoms with Crippen LogP contribution in [0.25, 0.3) is 4.96 Å². The molecule has 1 N–H and O–H groups in total. The number of nitrogens with zero attached hydrogens (tertiary/aromatic N) is 3. The second-order valence-electron chi connectivity index (χ2n) is 4.19. The molecule has 18 heavy (non-hydrogen) atoms. The fourth-order valence-electron chi connectivity index (χ4n) is 1.93. The Morgan fingerprint density at radius 2 is 2.11 bits per heavy atom. The van der Waals surface area contributed by atoms with Gasteiger partial charge in [0.05, 0.1) is 11.4 Å². The average Bonchev–Trinajstić information content (AvgIpc) is 2.99. The van der Waals surface area contributed by atoms with Crippen molar-refractivity contribution in [2.24, 2.45) is 0 Å². The van der Waals surface area contributed by atoms with Gasteiger partial charge in [0, 0.05) is 35.7 Å². The van der Waals surface area contributed by atoms with Crippen LogP contribution in [0.4, 0.5) is 0 Å². The number of imidazole rings is 1. The monoisotopic (exact) mass is 278 g/mol. The van der Waals surface area contributed by atoms with Crippen molar-refractivity contribution in [2.45, 2.75) is 26.9 Å². The molecule has 0 unspecified atom stereocenters. The third-order valence-electron chi connectivity index (χ3n) is 2.80. The number of aromatic nitrogens is 3. The van der Waals surface area contributed by atoms with E-state index in [0.29, 0.717) is 0 Å². The average molecular weight is 278 g/mol. The first-order chi connectivity index (χ1) is 8.74. The molecular weight excluding hydrogens is 264 g/mol. The molecule has 3 heterocycles. The Labute approximate surface area is 113 Å². The highest BCUT2D eigenvalue weighted by Gasteiger charge is 2.09. The minimum absolute atomic E-state index is 0.815. The quantitative estimate of drug-likeness (QED) is 0.798. The molecule has 0 bridgehead atoms. The predicted molar refractivity (Wildman–Crippen MR) is 75.2 cm³/mol. The topological polar surface area (TPSA) is 42.2 Å². The van der Waals surface area contributed by atoms with Gasteiger partial charge < -0.3 is 5.32 Å². The van der Waals surface area contributed by atoms with Crippen LogP contribution in [-0.4, -0.2) is 14.4 Å². The zero-order chi connectivity index (χ0) is 12.5. The molecule has 0 saturated heterocycles. The fourth-order valence-corrected chi connectivity index (χ4v) is 3.45. The summed E-state index contributed by atoms with van der Waals surface area (Å²) in [6.45, 7) is 5.72. The van der Waals surface area contributed by atoms with Crippen LogP contribution in [0, 0.1) is 13.8 Å². The van der Waals surface area contributed by atoms with E-state index in [1.165, 1.54) is 5.69 Å². The van der Waals surface area contributed by atoms with Crippen LogP contribution in [0.2, 0.25) is 0 Å². The van der Waals surface area contributed by atoms with Gasteiger partial charge in [0.2, 0.25) is 0 Å². The highest BCUT2D eigenvalue weighted by atomic mass is 32.1. The van der Waals surface area contributed by atoms with Crippen LogP contribution in [0.15, 0.2) is 17.0 Å². The number of fused-ring (bicyclic) bond motifs is 1. The maximum absolute atomic E-state index is 4.53. The molecule has 0 atom stereocenters. The molecule has 0 saturated carbocycles. The second kappa shape index (κ2) is 4.79. The molecule has 3 rings (SSSR count). The summed E-state index contributed by atoms with van der Waals surface area (Å²) in [5.74, 6) is 0. The van der Waals surface area contributed by atoms with Crippen molar-refractivity contribution < 1.29 is 0 Å². The van der Waals surface area contributed by atoms with Crippen molar-refractivity contribution in [3.63, 3.8) is 0 Å². The van der Waals surface area contributed by atoms with Crippen molar-refractivity contribution in [1.29, 1.82) is 0 Å². The molecule has 4 nitrogen and oxygen atoms in total. The van der Waals surface area contributed by atoms with Crippen LogP contribution in [0.1, 0.15) is 22.1 Å². The van der Waals surface area contributed by atoms with Gasteiger partial charge in [-0.15, -0.1) is 22.7 Å². The molecule has 0 radical (unpaired) electrons. The Bertz CT molecular complexity index is 665. The first kappa shape index (κ1) is 11.8. The first-order valence-corrected chi connectivity index (χ1v) is 7.53. The summed E-state index contributed by atoms with van der Waals surface area (Å²) in [7, 11) is 0. The van der Waals surface area contributed by atoms with E-state index in [0.717, 1.165) is 34.4 Å². The molecule has 0 fully saturated rings.